The van der Waals surface area contributed by atoms with Crippen LogP contribution in [0.1, 0.15) is 5.56 Å². The van der Waals surface area contributed by atoms with Crippen LogP contribution in [0.3, 0.4) is 0 Å². The van der Waals surface area contributed by atoms with E-state index in [0.29, 0.717) is 28.6 Å². The summed E-state index contributed by atoms with van der Waals surface area (Å²) in [5, 5.41) is 7.56. The maximum Gasteiger partial charge on any atom is 0.229 e. The van der Waals surface area contributed by atoms with Gasteiger partial charge in [-0.15, -0.1) is 0 Å². The Bertz CT molecular complexity index is 1330. The number of ether oxygens (including phenoxy) is 1. The molecule has 0 aliphatic heterocycles. The smallest absolute Gasteiger partial charge is 0.229 e. The highest BCUT2D eigenvalue weighted by Crippen LogP contribution is 2.28. The van der Waals surface area contributed by atoms with E-state index in [1.165, 1.54) is 0 Å². The van der Waals surface area contributed by atoms with Crippen LogP contribution in [0.5, 0.6) is 5.75 Å². The first-order chi connectivity index (χ1) is 14.3. The SMILES string of the molecule is COc1cncc(-c2cnn3ccc(Nc4ccc(C)c(NS(C)(=O)=O)c4)nc23)c1. The van der Waals surface area contributed by atoms with Gasteiger partial charge in [-0.2, -0.15) is 5.10 Å². The van der Waals surface area contributed by atoms with E-state index in [1.54, 1.807) is 48.5 Å². The molecule has 0 bridgehead atoms. The van der Waals surface area contributed by atoms with E-state index in [4.69, 9.17) is 4.74 Å². The summed E-state index contributed by atoms with van der Waals surface area (Å²) in [6, 6.07) is 9.08. The second-order valence-corrected chi connectivity index (χ2v) is 8.53. The first-order valence-electron chi connectivity index (χ1n) is 9.02. The molecule has 3 aromatic heterocycles. The molecule has 0 aliphatic carbocycles. The van der Waals surface area contributed by atoms with Crippen molar-refractivity contribution >= 4 is 32.9 Å². The van der Waals surface area contributed by atoms with Gasteiger partial charge in [0.25, 0.3) is 0 Å². The van der Waals surface area contributed by atoms with Gasteiger partial charge in [0.05, 0.1) is 31.4 Å². The van der Waals surface area contributed by atoms with Crippen molar-refractivity contribution in [3.63, 3.8) is 0 Å². The van der Waals surface area contributed by atoms with Gasteiger partial charge in [-0.05, 0) is 36.8 Å². The van der Waals surface area contributed by atoms with E-state index in [0.717, 1.165) is 22.9 Å². The number of aromatic nitrogens is 4. The summed E-state index contributed by atoms with van der Waals surface area (Å²) in [6.07, 6.45) is 8.00. The molecule has 3 heterocycles. The van der Waals surface area contributed by atoms with Crippen molar-refractivity contribution in [3.05, 3.63) is 60.7 Å². The molecule has 0 fully saturated rings. The lowest BCUT2D eigenvalue weighted by molar-refractivity contribution is 0.413. The number of fused-ring (bicyclic) bond motifs is 1. The lowest BCUT2D eigenvalue weighted by Crippen LogP contribution is -2.10. The van der Waals surface area contributed by atoms with E-state index >= 15 is 0 Å². The number of methoxy groups -OCH3 is 1. The Kier molecular flexibility index (Phi) is 5.00. The standard InChI is InChI=1S/C20H20N6O3S/c1-13-4-5-15(9-18(13)25-30(3,27)28)23-19-6-7-26-20(24-19)17(12-22-26)14-8-16(29-2)11-21-10-14/h4-12,25H,1-3H3,(H,23,24). The van der Waals surface area contributed by atoms with Crippen LogP contribution in [0.15, 0.2) is 55.1 Å². The normalized spacial score (nSPS) is 11.4. The largest absolute Gasteiger partial charge is 0.495 e. The molecule has 0 saturated heterocycles. The predicted molar refractivity (Wildman–Crippen MR) is 116 cm³/mol. The molecule has 4 aromatic rings. The molecule has 0 atom stereocenters. The maximum absolute atomic E-state index is 11.6. The van der Waals surface area contributed by atoms with Gasteiger partial charge in [-0.1, -0.05) is 6.07 Å². The van der Waals surface area contributed by atoms with Crippen molar-refractivity contribution in [2.75, 3.05) is 23.4 Å². The van der Waals surface area contributed by atoms with Crippen LogP contribution in [0, 0.1) is 6.92 Å². The van der Waals surface area contributed by atoms with E-state index in [-0.39, 0.29) is 0 Å². The summed E-state index contributed by atoms with van der Waals surface area (Å²) in [7, 11) is -1.78. The van der Waals surface area contributed by atoms with E-state index < -0.39 is 10.0 Å². The molecule has 10 heteroatoms. The van der Waals surface area contributed by atoms with Gasteiger partial charge >= 0.3 is 0 Å². The number of nitrogens with one attached hydrogen (secondary N) is 2. The number of pyridine rings is 1. The summed E-state index contributed by atoms with van der Waals surface area (Å²) in [5.41, 5.74) is 4.33. The van der Waals surface area contributed by atoms with Crippen molar-refractivity contribution in [1.29, 1.82) is 0 Å². The fourth-order valence-corrected chi connectivity index (χ4v) is 3.60. The van der Waals surface area contributed by atoms with Gasteiger partial charge < -0.3 is 10.1 Å². The molecule has 30 heavy (non-hydrogen) atoms. The fourth-order valence-electron chi connectivity index (χ4n) is 2.98. The topological polar surface area (TPSA) is 111 Å². The molecular formula is C20H20N6O3S. The first-order valence-corrected chi connectivity index (χ1v) is 10.9. The monoisotopic (exact) mass is 424 g/mol. The molecule has 2 N–H and O–H groups in total. The van der Waals surface area contributed by atoms with Crippen LogP contribution in [0.2, 0.25) is 0 Å². The van der Waals surface area contributed by atoms with Crippen LogP contribution in [-0.4, -0.2) is 41.4 Å². The van der Waals surface area contributed by atoms with Crippen LogP contribution < -0.4 is 14.8 Å². The van der Waals surface area contributed by atoms with Crippen molar-refractivity contribution in [1.82, 2.24) is 19.6 Å². The number of hydrogen-bond donors (Lipinski definition) is 2. The Morgan fingerprint density at radius 3 is 2.70 bits per heavy atom. The van der Waals surface area contributed by atoms with Gasteiger partial charge in [0.2, 0.25) is 10.0 Å². The van der Waals surface area contributed by atoms with Gasteiger partial charge in [-0.3, -0.25) is 9.71 Å². The predicted octanol–water partition coefficient (Wildman–Crippen LogP) is 3.22. The van der Waals surface area contributed by atoms with Crippen molar-refractivity contribution in [2.45, 2.75) is 6.92 Å². The zero-order chi connectivity index (χ0) is 21.3. The van der Waals surface area contributed by atoms with Crippen LogP contribution in [-0.2, 0) is 10.0 Å². The van der Waals surface area contributed by atoms with Gasteiger partial charge in [0.1, 0.15) is 11.6 Å². The Labute approximate surface area is 173 Å². The molecule has 0 aliphatic rings. The molecule has 0 spiro atoms. The van der Waals surface area contributed by atoms with Crippen LogP contribution in [0.4, 0.5) is 17.2 Å². The number of sulfonamides is 1. The highest BCUT2D eigenvalue weighted by Gasteiger charge is 2.11. The number of anilines is 3. The third kappa shape index (κ3) is 4.18. The minimum atomic E-state index is -3.37. The van der Waals surface area contributed by atoms with E-state index in [2.05, 4.69) is 25.1 Å². The van der Waals surface area contributed by atoms with Gasteiger partial charge in [0, 0.05) is 29.2 Å². The summed E-state index contributed by atoms with van der Waals surface area (Å²) in [5.74, 6) is 1.24. The average Bonchev–Trinajstić information content (AvgIpc) is 3.13. The van der Waals surface area contributed by atoms with E-state index in [1.807, 2.05) is 25.1 Å². The minimum absolute atomic E-state index is 0.510. The lowest BCUT2D eigenvalue weighted by Gasteiger charge is -2.11. The zero-order valence-corrected chi connectivity index (χ0v) is 17.4. The average molecular weight is 424 g/mol. The number of aryl methyl sites for hydroxylation is 1. The van der Waals surface area contributed by atoms with Gasteiger partial charge in [-0.25, -0.2) is 17.9 Å². The fraction of sp³-hybridized carbons (Fsp3) is 0.150. The molecule has 0 radical (unpaired) electrons. The molecule has 1 aromatic carbocycles. The third-order valence-corrected chi connectivity index (χ3v) is 5.03. The summed E-state index contributed by atoms with van der Waals surface area (Å²) in [6.45, 7) is 1.84. The summed E-state index contributed by atoms with van der Waals surface area (Å²) < 4.78 is 32.6. The Hall–Kier alpha value is -3.66. The number of rotatable bonds is 6. The van der Waals surface area contributed by atoms with E-state index in [9.17, 15) is 8.42 Å². The maximum atomic E-state index is 11.6. The molecule has 0 amide bonds. The van der Waals surface area contributed by atoms with Crippen molar-refractivity contribution in [2.24, 2.45) is 0 Å². The summed E-state index contributed by atoms with van der Waals surface area (Å²) in [4.78, 5) is 8.87. The number of hydrogen-bond acceptors (Lipinski definition) is 7. The highest BCUT2D eigenvalue weighted by atomic mass is 32.2. The molecule has 9 nitrogen and oxygen atoms in total. The van der Waals surface area contributed by atoms with Crippen molar-refractivity contribution in [3.8, 4) is 16.9 Å². The molecule has 0 unspecified atom stereocenters. The Morgan fingerprint density at radius 2 is 1.93 bits per heavy atom. The lowest BCUT2D eigenvalue weighted by atomic mass is 10.1. The second kappa shape index (κ2) is 7.64. The molecule has 154 valence electrons. The molecule has 0 saturated carbocycles. The quantitative estimate of drug-likeness (QED) is 0.489. The summed E-state index contributed by atoms with van der Waals surface area (Å²) >= 11 is 0. The Balaban J connectivity index is 1.68. The van der Waals surface area contributed by atoms with Gasteiger partial charge in [0.15, 0.2) is 5.65 Å². The first kappa shape index (κ1) is 19.6. The molecular weight excluding hydrogens is 404 g/mol. The number of nitrogens with zero attached hydrogens (tertiary/aromatic N) is 4. The number of benzene rings is 1. The zero-order valence-electron chi connectivity index (χ0n) is 16.6. The molecule has 4 rings (SSSR count). The second-order valence-electron chi connectivity index (χ2n) is 6.78. The van der Waals surface area contributed by atoms with Crippen LogP contribution in [0.25, 0.3) is 16.8 Å². The minimum Gasteiger partial charge on any atom is -0.495 e. The van der Waals surface area contributed by atoms with Crippen LogP contribution >= 0.6 is 0 Å². The third-order valence-electron chi connectivity index (χ3n) is 4.43. The van der Waals surface area contributed by atoms with Crippen molar-refractivity contribution < 1.29 is 13.2 Å². The Morgan fingerprint density at radius 1 is 1.10 bits per heavy atom. The highest BCUT2D eigenvalue weighted by molar-refractivity contribution is 7.92.